The lowest BCUT2D eigenvalue weighted by Crippen LogP contribution is -2.24. The fourth-order valence-corrected chi connectivity index (χ4v) is 4.81. The first-order valence-corrected chi connectivity index (χ1v) is 11.5. The van der Waals surface area contributed by atoms with Crippen molar-refractivity contribution in [3.05, 3.63) is 110 Å². The molecule has 8 heteroatoms. The van der Waals surface area contributed by atoms with Gasteiger partial charge in [0.2, 0.25) is 0 Å². The molecular formula is C25H17ClN2O4S. The molecule has 0 bridgehead atoms. The molecule has 1 N–H and O–H groups in total. The van der Waals surface area contributed by atoms with Crippen LogP contribution in [0.1, 0.15) is 11.1 Å². The number of aromatic nitrogens is 2. The normalized spacial score (nSPS) is 11.3. The molecule has 5 aromatic rings. The van der Waals surface area contributed by atoms with Crippen LogP contribution in [-0.4, -0.2) is 14.7 Å². The van der Waals surface area contributed by atoms with Crippen molar-refractivity contribution in [2.24, 2.45) is 0 Å². The zero-order valence-electron chi connectivity index (χ0n) is 17.2. The third-order valence-corrected chi connectivity index (χ3v) is 6.59. The third-order valence-electron chi connectivity index (χ3n) is 5.26. The molecule has 0 amide bonds. The van der Waals surface area contributed by atoms with Gasteiger partial charge in [0.25, 0.3) is 5.56 Å². The van der Waals surface area contributed by atoms with Crippen molar-refractivity contribution in [2.45, 2.75) is 17.5 Å². The summed E-state index contributed by atoms with van der Waals surface area (Å²) in [5.74, 6) is 0.188. The largest absolute Gasteiger partial charge is 0.506 e. The summed E-state index contributed by atoms with van der Waals surface area (Å²) >= 11 is 7.43. The van der Waals surface area contributed by atoms with Gasteiger partial charge in [-0.2, -0.15) is 0 Å². The highest BCUT2D eigenvalue weighted by molar-refractivity contribution is 7.98. The predicted octanol–water partition coefficient (Wildman–Crippen LogP) is 5.20. The summed E-state index contributed by atoms with van der Waals surface area (Å²) in [7, 11) is 0. The topological polar surface area (TPSA) is 85.3 Å². The van der Waals surface area contributed by atoms with Gasteiger partial charge in [0.1, 0.15) is 11.3 Å². The third kappa shape index (κ3) is 4.25. The lowest BCUT2D eigenvalue weighted by Gasteiger charge is -2.14. The predicted molar refractivity (Wildman–Crippen MR) is 130 cm³/mol. The summed E-state index contributed by atoms with van der Waals surface area (Å²) < 4.78 is 6.86. The lowest BCUT2D eigenvalue weighted by molar-refractivity contribution is 0.473. The molecule has 2 heterocycles. The van der Waals surface area contributed by atoms with Gasteiger partial charge in [0.15, 0.2) is 5.16 Å². The fraction of sp³-hybridized carbons (Fsp3) is 0.0800. The lowest BCUT2D eigenvalue weighted by atomic mass is 10.1. The Morgan fingerprint density at radius 1 is 0.970 bits per heavy atom. The highest BCUT2D eigenvalue weighted by atomic mass is 35.5. The van der Waals surface area contributed by atoms with E-state index in [1.54, 1.807) is 16.7 Å². The van der Waals surface area contributed by atoms with Gasteiger partial charge in [-0.25, -0.2) is 9.78 Å². The van der Waals surface area contributed by atoms with E-state index in [4.69, 9.17) is 21.0 Å². The summed E-state index contributed by atoms with van der Waals surface area (Å²) in [6, 6.07) is 21.2. The zero-order valence-corrected chi connectivity index (χ0v) is 18.8. The van der Waals surface area contributed by atoms with Crippen molar-refractivity contribution >= 4 is 45.2 Å². The number of hydrogen-bond acceptors (Lipinski definition) is 6. The van der Waals surface area contributed by atoms with Crippen LogP contribution in [0.5, 0.6) is 5.75 Å². The Bertz CT molecular complexity index is 1610. The van der Waals surface area contributed by atoms with Crippen molar-refractivity contribution in [1.29, 1.82) is 0 Å². The van der Waals surface area contributed by atoms with Crippen LogP contribution in [-0.2, 0) is 12.3 Å². The molecular weight excluding hydrogens is 460 g/mol. The highest BCUT2D eigenvalue weighted by Crippen LogP contribution is 2.32. The number of rotatable bonds is 5. The maximum Gasteiger partial charge on any atom is 0.336 e. The quantitative estimate of drug-likeness (QED) is 0.213. The number of para-hydroxylation sites is 1. The number of nitrogens with zero attached hydrogens (tertiary/aromatic N) is 2. The minimum absolute atomic E-state index is 0.127. The molecule has 0 aliphatic carbocycles. The van der Waals surface area contributed by atoms with Crippen LogP contribution in [0.15, 0.2) is 92.0 Å². The Morgan fingerprint density at radius 2 is 1.73 bits per heavy atom. The van der Waals surface area contributed by atoms with Crippen molar-refractivity contribution in [2.75, 3.05) is 0 Å². The Labute approximate surface area is 197 Å². The van der Waals surface area contributed by atoms with E-state index in [0.29, 0.717) is 39.3 Å². The summed E-state index contributed by atoms with van der Waals surface area (Å²) in [4.78, 5) is 30.1. The van der Waals surface area contributed by atoms with Gasteiger partial charge in [0.05, 0.1) is 22.5 Å². The molecule has 0 radical (unpaired) electrons. The van der Waals surface area contributed by atoms with Crippen molar-refractivity contribution in [3.8, 4) is 5.75 Å². The average Bonchev–Trinajstić information content (AvgIpc) is 2.81. The van der Waals surface area contributed by atoms with Crippen molar-refractivity contribution < 1.29 is 9.52 Å². The van der Waals surface area contributed by atoms with E-state index in [1.807, 2.05) is 48.5 Å². The molecule has 164 valence electrons. The van der Waals surface area contributed by atoms with Gasteiger partial charge in [-0.05, 0) is 29.3 Å². The molecule has 0 aliphatic rings. The molecule has 33 heavy (non-hydrogen) atoms. The summed E-state index contributed by atoms with van der Waals surface area (Å²) in [6.45, 7) is 0.372. The van der Waals surface area contributed by atoms with Crippen molar-refractivity contribution in [3.63, 3.8) is 0 Å². The second kappa shape index (κ2) is 8.77. The second-order valence-corrected chi connectivity index (χ2v) is 8.82. The van der Waals surface area contributed by atoms with Gasteiger partial charge >= 0.3 is 5.63 Å². The van der Waals surface area contributed by atoms with E-state index in [1.165, 1.54) is 23.9 Å². The maximum absolute atomic E-state index is 13.3. The maximum atomic E-state index is 13.3. The van der Waals surface area contributed by atoms with Crippen LogP contribution in [0.3, 0.4) is 0 Å². The zero-order chi connectivity index (χ0) is 22.9. The minimum atomic E-state index is -0.534. The molecule has 3 aromatic carbocycles. The van der Waals surface area contributed by atoms with Crippen LogP contribution < -0.4 is 11.2 Å². The number of aromatic hydroxyl groups is 1. The van der Waals surface area contributed by atoms with Gasteiger partial charge in [-0.3, -0.25) is 9.36 Å². The Morgan fingerprint density at radius 3 is 2.55 bits per heavy atom. The van der Waals surface area contributed by atoms with Crippen LogP contribution in [0.4, 0.5) is 0 Å². The smallest absolute Gasteiger partial charge is 0.336 e. The molecule has 0 saturated carbocycles. The van der Waals surface area contributed by atoms with Crippen LogP contribution in [0.2, 0.25) is 5.02 Å². The van der Waals surface area contributed by atoms with Gasteiger partial charge in [-0.15, -0.1) is 0 Å². The molecule has 0 aliphatic heterocycles. The fourth-order valence-electron chi connectivity index (χ4n) is 3.66. The standard InChI is InChI=1S/C25H17ClN2O4S/c26-19-11-18-16(10-23(30)32-22(18)12-21(19)29)14-33-25-27-20-9-5-4-8-17(20)24(31)28(25)13-15-6-2-1-3-7-15/h1-12,29H,13-14H2. The van der Waals surface area contributed by atoms with E-state index in [-0.39, 0.29) is 21.9 Å². The Balaban J connectivity index is 1.59. The molecule has 0 atom stereocenters. The number of benzene rings is 3. The first-order chi connectivity index (χ1) is 16.0. The van der Waals surface area contributed by atoms with Gasteiger partial charge < -0.3 is 9.52 Å². The number of phenolic OH excluding ortho intramolecular Hbond substituents is 1. The van der Waals surface area contributed by atoms with Crippen molar-refractivity contribution in [1.82, 2.24) is 9.55 Å². The summed E-state index contributed by atoms with van der Waals surface area (Å²) in [6.07, 6.45) is 0. The first-order valence-electron chi connectivity index (χ1n) is 10.1. The van der Waals surface area contributed by atoms with E-state index in [9.17, 15) is 14.7 Å². The van der Waals surface area contributed by atoms with E-state index in [2.05, 4.69) is 0 Å². The summed E-state index contributed by atoms with van der Waals surface area (Å²) in [5.41, 5.74) is 1.84. The molecule has 0 saturated heterocycles. The molecule has 2 aromatic heterocycles. The Hall–Kier alpha value is -3.55. The summed E-state index contributed by atoms with van der Waals surface area (Å²) in [5, 5.41) is 11.7. The van der Waals surface area contributed by atoms with Gasteiger partial charge in [-0.1, -0.05) is 65.8 Å². The van der Waals surface area contributed by atoms with Crippen LogP contribution in [0.25, 0.3) is 21.9 Å². The van der Waals surface area contributed by atoms with E-state index < -0.39 is 5.63 Å². The van der Waals surface area contributed by atoms with Crippen LogP contribution in [0, 0.1) is 0 Å². The van der Waals surface area contributed by atoms with E-state index >= 15 is 0 Å². The minimum Gasteiger partial charge on any atom is -0.506 e. The molecule has 6 nitrogen and oxygen atoms in total. The second-order valence-electron chi connectivity index (χ2n) is 7.47. The number of fused-ring (bicyclic) bond motifs is 2. The number of thioether (sulfide) groups is 1. The van der Waals surface area contributed by atoms with E-state index in [0.717, 1.165) is 5.56 Å². The molecule has 0 fully saturated rings. The monoisotopic (exact) mass is 476 g/mol. The van der Waals surface area contributed by atoms with Gasteiger partial charge in [0, 0.05) is 23.3 Å². The number of phenols is 1. The first kappa shape index (κ1) is 21.3. The molecule has 5 rings (SSSR count). The molecule has 0 spiro atoms. The number of hydrogen-bond donors (Lipinski definition) is 1. The average molecular weight is 477 g/mol. The SMILES string of the molecule is O=c1cc(CSc2nc3ccccc3c(=O)n2Cc2ccccc2)c2cc(Cl)c(O)cc2o1. The van der Waals surface area contributed by atoms with Crippen LogP contribution >= 0.6 is 23.4 Å². The number of halogens is 1. The Kier molecular flexibility index (Phi) is 5.66. The highest BCUT2D eigenvalue weighted by Gasteiger charge is 2.15. The molecule has 0 unspecified atom stereocenters.